The summed E-state index contributed by atoms with van der Waals surface area (Å²) in [7, 11) is 3.19. The molecule has 0 unspecified atom stereocenters. The third kappa shape index (κ3) is 3.40. The first-order valence-electron chi connectivity index (χ1n) is 8.65. The first-order chi connectivity index (χ1) is 12.6. The lowest BCUT2D eigenvalue weighted by atomic mass is 9.91. The van der Waals surface area contributed by atoms with Crippen molar-refractivity contribution in [1.29, 1.82) is 0 Å². The second kappa shape index (κ2) is 8.03. The van der Waals surface area contributed by atoms with Crippen molar-refractivity contribution in [3.63, 3.8) is 0 Å². The number of nitrogens with zero attached hydrogens (tertiary/aromatic N) is 1. The number of rotatable bonds is 7. The Hall–Kier alpha value is -2.15. The van der Waals surface area contributed by atoms with E-state index in [0.717, 1.165) is 5.56 Å². The zero-order chi connectivity index (χ0) is 18.6. The van der Waals surface area contributed by atoms with Gasteiger partial charge in [0.2, 0.25) is 0 Å². The third-order valence-corrected chi connectivity index (χ3v) is 4.95. The first-order valence-corrected chi connectivity index (χ1v) is 8.65. The number of hydrogen-bond acceptors (Lipinski definition) is 5. The van der Waals surface area contributed by atoms with Gasteiger partial charge in [0.05, 0.1) is 18.7 Å². The van der Waals surface area contributed by atoms with Gasteiger partial charge in [-0.25, -0.2) is 4.79 Å². The van der Waals surface area contributed by atoms with Gasteiger partial charge < -0.3 is 18.9 Å². The number of amides is 1. The fourth-order valence-electron chi connectivity index (χ4n) is 3.66. The summed E-state index contributed by atoms with van der Waals surface area (Å²) in [6.07, 6.45) is 5.23. The Balaban J connectivity index is 1.75. The second-order valence-corrected chi connectivity index (χ2v) is 6.36. The Kier molecular flexibility index (Phi) is 5.76. The summed E-state index contributed by atoms with van der Waals surface area (Å²) < 4.78 is 22.8. The van der Waals surface area contributed by atoms with Crippen LogP contribution in [-0.4, -0.2) is 55.8 Å². The molecule has 1 aromatic carbocycles. The molecular weight excluding hydrogens is 334 g/mol. The molecular formula is C20H25NO5. The van der Waals surface area contributed by atoms with Crippen LogP contribution in [0.25, 0.3) is 0 Å². The predicted octanol–water partition coefficient (Wildman–Crippen LogP) is 2.90. The molecule has 0 radical (unpaired) electrons. The average Bonchev–Trinajstić information content (AvgIpc) is 3.02. The minimum atomic E-state index is -0.919. The summed E-state index contributed by atoms with van der Waals surface area (Å²) in [5.41, 5.74) is 0.945. The quantitative estimate of drug-likeness (QED) is 0.553. The van der Waals surface area contributed by atoms with Gasteiger partial charge in [0, 0.05) is 20.6 Å². The van der Waals surface area contributed by atoms with E-state index in [-0.39, 0.29) is 24.8 Å². The molecule has 1 aromatic rings. The summed E-state index contributed by atoms with van der Waals surface area (Å²) in [6, 6.07) is 9.13. The van der Waals surface area contributed by atoms with Crippen LogP contribution in [0.5, 0.6) is 0 Å². The van der Waals surface area contributed by atoms with E-state index in [2.05, 4.69) is 6.58 Å². The summed E-state index contributed by atoms with van der Waals surface area (Å²) >= 11 is 0. The largest absolute Gasteiger partial charge is 0.445 e. The van der Waals surface area contributed by atoms with Crippen molar-refractivity contribution in [3.05, 3.63) is 60.7 Å². The molecule has 1 fully saturated rings. The molecule has 0 aromatic heterocycles. The van der Waals surface area contributed by atoms with E-state index in [9.17, 15) is 4.79 Å². The molecule has 2 bridgehead atoms. The Labute approximate surface area is 154 Å². The van der Waals surface area contributed by atoms with Gasteiger partial charge >= 0.3 is 6.09 Å². The van der Waals surface area contributed by atoms with Crippen LogP contribution in [0.4, 0.5) is 4.79 Å². The van der Waals surface area contributed by atoms with E-state index in [1.807, 2.05) is 42.5 Å². The van der Waals surface area contributed by atoms with Gasteiger partial charge in [-0.05, 0) is 5.56 Å². The first kappa shape index (κ1) is 18.6. The van der Waals surface area contributed by atoms with E-state index >= 15 is 0 Å². The van der Waals surface area contributed by atoms with E-state index in [4.69, 9.17) is 18.9 Å². The summed E-state index contributed by atoms with van der Waals surface area (Å²) in [5, 5.41) is 0. The van der Waals surface area contributed by atoms with Crippen LogP contribution < -0.4 is 0 Å². The lowest BCUT2D eigenvalue weighted by molar-refractivity contribution is -0.294. The molecule has 26 heavy (non-hydrogen) atoms. The number of carbonyl (C=O) groups excluding carboxylic acids is 1. The monoisotopic (exact) mass is 359 g/mol. The smallest absolute Gasteiger partial charge is 0.411 e. The fraction of sp³-hybridized carbons (Fsp3) is 0.450. The molecule has 1 saturated heterocycles. The molecule has 0 N–H and O–H groups in total. The molecule has 2 heterocycles. The lowest BCUT2D eigenvalue weighted by Crippen LogP contribution is -2.65. The van der Waals surface area contributed by atoms with Gasteiger partial charge in [0.15, 0.2) is 5.79 Å². The number of ether oxygens (including phenoxy) is 4. The molecule has 140 valence electrons. The maximum Gasteiger partial charge on any atom is 0.411 e. The van der Waals surface area contributed by atoms with Crippen molar-refractivity contribution in [2.75, 3.05) is 20.8 Å². The maximum atomic E-state index is 12.7. The average molecular weight is 359 g/mol. The number of methoxy groups -OCH3 is 2. The number of carbonyl (C=O) groups is 1. The predicted molar refractivity (Wildman–Crippen MR) is 96.5 cm³/mol. The highest BCUT2D eigenvalue weighted by Crippen LogP contribution is 2.41. The Morgan fingerprint density at radius 3 is 2.65 bits per heavy atom. The second-order valence-electron chi connectivity index (χ2n) is 6.36. The van der Waals surface area contributed by atoms with E-state index in [1.54, 1.807) is 25.2 Å². The zero-order valence-corrected chi connectivity index (χ0v) is 15.2. The highest BCUT2D eigenvalue weighted by atomic mass is 16.7. The maximum absolute atomic E-state index is 12.7. The summed E-state index contributed by atoms with van der Waals surface area (Å²) in [4.78, 5) is 14.4. The highest BCUT2D eigenvalue weighted by molar-refractivity contribution is 5.70. The van der Waals surface area contributed by atoms with Gasteiger partial charge in [-0.15, -0.1) is 6.58 Å². The number of fused-ring (bicyclic) bond motifs is 2. The normalized spacial score (nSPS) is 25.9. The molecule has 1 amide bonds. The van der Waals surface area contributed by atoms with Gasteiger partial charge in [0.1, 0.15) is 12.7 Å². The van der Waals surface area contributed by atoms with Crippen molar-refractivity contribution >= 4 is 6.09 Å². The summed E-state index contributed by atoms with van der Waals surface area (Å²) in [6.45, 7) is 4.26. The van der Waals surface area contributed by atoms with Gasteiger partial charge in [-0.2, -0.15) is 0 Å². The molecule has 3 atom stereocenters. The van der Waals surface area contributed by atoms with Crippen LogP contribution in [0.15, 0.2) is 55.1 Å². The number of hydrogen-bond donors (Lipinski definition) is 0. The Morgan fingerprint density at radius 2 is 2.00 bits per heavy atom. The molecule has 2 aliphatic heterocycles. The lowest BCUT2D eigenvalue weighted by Gasteiger charge is -2.49. The van der Waals surface area contributed by atoms with Gasteiger partial charge in [0.25, 0.3) is 0 Å². The van der Waals surface area contributed by atoms with Gasteiger partial charge in [-0.3, -0.25) is 4.90 Å². The van der Waals surface area contributed by atoms with Crippen LogP contribution >= 0.6 is 0 Å². The minimum Gasteiger partial charge on any atom is -0.445 e. The van der Waals surface area contributed by atoms with Crippen molar-refractivity contribution < 1.29 is 23.7 Å². The number of benzene rings is 1. The SMILES string of the molecule is C=CCO[C@H]1[C@H]2C=C[C@@H](CC1(OC)OC)N2C(=O)OCc1ccccc1. The molecule has 3 rings (SSSR count). The zero-order valence-electron chi connectivity index (χ0n) is 15.2. The number of piperidine rings is 1. The Morgan fingerprint density at radius 1 is 1.27 bits per heavy atom. The molecule has 6 nitrogen and oxygen atoms in total. The van der Waals surface area contributed by atoms with Crippen molar-refractivity contribution in [1.82, 2.24) is 4.90 Å². The third-order valence-electron chi connectivity index (χ3n) is 4.95. The van der Waals surface area contributed by atoms with Crippen molar-refractivity contribution in [2.45, 2.75) is 37.0 Å². The van der Waals surface area contributed by atoms with E-state index in [0.29, 0.717) is 13.0 Å². The Bertz CT molecular complexity index is 655. The minimum absolute atomic E-state index is 0.160. The van der Waals surface area contributed by atoms with E-state index in [1.165, 1.54) is 0 Å². The fourth-order valence-corrected chi connectivity index (χ4v) is 3.66. The van der Waals surface area contributed by atoms with Crippen molar-refractivity contribution in [2.24, 2.45) is 0 Å². The van der Waals surface area contributed by atoms with Crippen LogP contribution in [0.1, 0.15) is 12.0 Å². The standard InChI is InChI=1S/C20H25NO5/c1-4-12-25-18-17-11-10-16(13-20(18,23-2)24-3)21(17)19(22)26-14-15-8-6-5-7-9-15/h4-11,16-18H,1,12-14H2,2-3H3/t16-,17+,18-/m0/s1. The van der Waals surface area contributed by atoms with Crippen molar-refractivity contribution in [3.8, 4) is 0 Å². The molecule has 2 aliphatic rings. The summed E-state index contributed by atoms with van der Waals surface area (Å²) in [5.74, 6) is -0.919. The molecule has 0 saturated carbocycles. The van der Waals surface area contributed by atoms with Crippen LogP contribution in [0.2, 0.25) is 0 Å². The van der Waals surface area contributed by atoms with Crippen LogP contribution in [0, 0.1) is 0 Å². The highest BCUT2D eigenvalue weighted by Gasteiger charge is 2.57. The van der Waals surface area contributed by atoms with Crippen LogP contribution in [-0.2, 0) is 25.6 Å². The molecule has 0 spiro atoms. The molecule has 6 heteroatoms. The molecule has 0 aliphatic carbocycles. The van der Waals surface area contributed by atoms with Crippen LogP contribution in [0.3, 0.4) is 0 Å². The van der Waals surface area contributed by atoms with Gasteiger partial charge in [-0.1, -0.05) is 48.6 Å². The topological polar surface area (TPSA) is 57.2 Å². The van der Waals surface area contributed by atoms with E-state index < -0.39 is 11.9 Å².